The number of methoxy groups -OCH3 is 1. The highest BCUT2D eigenvalue weighted by Crippen LogP contribution is 2.23. The lowest BCUT2D eigenvalue weighted by Gasteiger charge is -2.19. The molecular weight excluding hydrogens is 356 g/mol. The molecule has 2 aromatic carbocycles. The predicted molar refractivity (Wildman–Crippen MR) is 108 cm³/mol. The summed E-state index contributed by atoms with van der Waals surface area (Å²) in [7, 11) is 1.54. The van der Waals surface area contributed by atoms with Crippen LogP contribution >= 0.6 is 0 Å². The molecule has 1 atom stereocenters. The van der Waals surface area contributed by atoms with E-state index in [0.29, 0.717) is 29.0 Å². The van der Waals surface area contributed by atoms with Gasteiger partial charge in [0, 0.05) is 12.5 Å². The van der Waals surface area contributed by atoms with Crippen LogP contribution in [0.1, 0.15) is 31.3 Å². The third kappa shape index (κ3) is 2.78. The summed E-state index contributed by atoms with van der Waals surface area (Å²) in [4.78, 5) is 30.9. The molecule has 28 heavy (non-hydrogen) atoms. The molecule has 0 bridgehead atoms. The molecule has 0 aliphatic carbocycles. The number of aryl methyl sites for hydroxylation is 1. The molecular formula is C22H20N2O4. The second-order valence-corrected chi connectivity index (χ2v) is 6.62. The summed E-state index contributed by atoms with van der Waals surface area (Å²) in [5, 5.41) is 0.299. The van der Waals surface area contributed by atoms with E-state index in [0.717, 1.165) is 5.56 Å². The smallest absolute Gasteiger partial charge is 0.269 e. The number of aromatic nitrogens is 2. The van der Waals surface area contributed by atoms with Gasteiger partial charge >= 0.3 is 0 Å². The second-order valence-electron chi connectivity index (χ2n) is 6.62. The minimum atomic E-state index is -0.385. The van der Waals surface area contributed by atoms with Crippen LogP contribution in [0.5, 0.6) is 5.75 Å². The first kappa shape index (κ1) is 18.0. The zero-order valence-corrected chi connectivity index (χ0v) is 15.9. The SMILES string of the molecule is CCc1nc2oc3cc(OC)ccc3c(=O)c2c(=O)n1[C@@H](C)c1ccccc1. The highest BCUT2D eigenvalue weighted by molar-refractivity contribution is 5.88. The monoisotopic (exact) mass is 376 g/mol. The van der Waals surface area contributed by atoms with Crippen molar-refractivity contribution in [3.05, 3.63) is 80.5 Å². The van der Waals surface area contributed by atoms with E-state index in [2.05, 4.69) is 4.98 Å². The fourth-order valence-electron chi connectivity index (χ4n) is 3.49. The molecule has 4 rings (SSSR count). The number of hydrogen-bond donors (Lipinski definition) is 0. The quantitative estimate of drug-likeness (QED) is 0.508. The second kappa shape index (κ2) is 6.96. The van der Waals surface area contributed by atoms with Gasteiger partial charge in [-0.3, -0.25) is 14.2 Å². The Bertz CT molecular complexity index is 1290. The van der Waals surface area contributed by atoms with Crippen molar-refractivity contribution in [2.24, 2.45) is 0 Å². The molecule has 0 saturated heterocycles. The van der Waals surface area contributed by atoms with Crippen LogP contribution in [-0.4, -0.2) is 16.7 Å². The summed E-state index contributed by atoms with van der Waals surface area (Å²) in [5.74, 6) is 1.14. The first-order chi connectivity index (χ1) is 13.5. The normalized spacial score (nSPS) is 12.4. The Balaban J connectivity index is 2.06. The molecule has 0 aliphatic heterocycles. The Kier molecular flexibility index (Phi) is 4.47. The number of ether oxygens (including phenoxy) is 1. The van der Waals surface area contributed by atoms with Crippen LogP contribution in [0.4, 0.5) is 0 Å². The van der Waals surface area contributed by atoms with Gasteiger partial charge in [-0.15, -0.1) is 0 Å². The fraction of sp³-hybridized carbons (Fsp3) is 0.227. The Hall–Kier alpha value is -3.41. The molecule has 0 unspecified atom stereocenters. The van der Waals surface area contributed by atoms with Gasteiger partial charge in [0.25, 0.3) is 5.56 Å². The van der Waals surface area contributed by atoms with Crippen molar-refractivity contribution < 1.29 is 9.15 Å². The van der Waals surface area contributed by atoms with Gasteiger partial charge in [0.1, 0.15) is 17.2 Å². The molecule has 2 aromatic heterocycles. The van der Waals surface area contributed by atoms with Crippen LogP contribution in [0.2, 0.25) is 0 Å². The molecule has 0 radical (unpaired) electrons. The molecule has 6 nitrogen and oxygen atoms in total. The standard InChI is InChI=1S/C22H20N2O4/c1-4-18-23-21-19(20(25)16-11-10-15(27-3)12-17(16)28-21)22(26)24(18)13(2)14-8-6-5-7-9-14/h5-13H,4H2,1-3H3/t13-/m0/s1. The van der Waals surface area contributed by atoms with Crippen molar-refractivity contribution in [1.29, 1.82) is 0 Å². The molecule has 0 spiro atoms. The van der Waals surface area contributed by atoms with Crippen LogP contribution < -0.4 is 15.7 Å². The summed E-state index contributed by atoms with van der Waals surface area (Å²) in [6, 6.07) is 14.3. The number of benzene rings is 2. The summed E-state index contributed by atoms with van der Waals surface area (Å²) in [5.41, 5.74) is 0.608. The van der Waals surface area contributed by atoms with Crippen molar-refractivity contribution in [1.82, 2.24) is 9.55 Å². The van der Waals surface area contributed by atoms with Gasteiger partial charge in [-0.25, -0.2) is 0 Å². The van der Waals surface area contributed by atoms with Crippen molar-refractivity contribution in [3.8, 4) is 5.75 Å². The van der Waals surface area contributed by atoms with E-state index in [1.807, 2.05) is 44.2 Å². The van der Waals surface area contributed by atoms with E-state index < -0.39 is 0 Å². The average Bonchev–Trinajstić information content (AvgIpc) is 2.73. The van der Waals surface area contributed by atoms with E-state index in [9.17, 15) is 9.59 Å². The van der Waals surface area contributed by atoms with E-state index in [4.69, 9.17) is 9.15 Å². The van der Waals surface area contributed by atoms with Crippen LogP contribution in [0, 0.1) is 0 Å². The van der Waals surface area contributed by atoms with Crippen molar-refractivity contribution in [3.63, 3.8) is 0 Å². The minimum Gasteiger partial charge on any atom is -0.497 e. The van der Waals surface area contributed by atoms with Gasteiger partial charge < -0.3 is 9.15 Å². The molecule has 6 heteroatoms. The Morgan fingerprint density at radius 1 is 1.14 bits per heavy atom. The number of hydrogen-bond acceptors (Lipinski definition) is 5. The highest BCUT2D eigenvalue weighted by atomic mass is 16.5. The third-order valence-corrected chi connectivity index (χ3v) is 5.01. The topological polar surface area (TPSA) is 74.3 Å². The van der Waals surface area contributed by atoms with Crippen molar-refractivity contribution >= 4 is 22.1 Å². The van der Waals surface area contributed by atoms with E-state index >= 15 is 0 Å². The maximum Gasteiger partial charge on any atom is 0.269 e. The summed E-state index contributed by atoms with van der Waals surface area (Å²) < 4.78 is 12.6. The molecule has 0 saturated carbocycles. The molecule has 2 heterocycles. The molecule has 0 amide bonds. The van der Waals surface area contributed by atoms with Gasteiger partial charge in [-0.2, -0.15) is 4.98 Å². The zero-order valence-electron chi connectivity index (χ0n) is 15.9. The van der Waals surface area contributed by atoms with Crippen LogP contribution in [0.3, 0.4) is 0 Å². The highest BCUT2D eigenvalue weighted by Gasteiger charge is 2.21. The number of fused-ring (bicyclic) bond motifs is 2. The molecule has 142 valence electrons. The maximum atomic E-state index is 13.3. The van der Waals surface area contributed by atoms with Gasteiger partial charge in [-0.05, 0) is 24.6 Å². The summed E-state index contributed by atoms with van der Waals surface area (Å²) in [6.07, 6.45) is 0.530. The molecule has 0 aliphatic rings. The van der Waals surface area contributed by atoms with Crippen LogP contribution in [-0.2, 0) is 6.42 Å². The number of nitrogens with zero attached hydrogens (tertiary/aromatic N) is 2. The largest absolute Gasteiger partial charge is 0.497 e. The molecule has 4 aromatic rings. The minimum absolute atomic E-state index is 0.0300. The average molecular weight is 376 g/mol. The Morgan fingerprint density at radius 2 is 1.89 bits per heavy atom. The Labute approximate surface area is 161 Å². The van der Waals surface area contributed by atoms with E-state index in [-0.39, 0.29) is 28.1 Å². The van der Waals surface area contributed by atoms with E-state index in [1.54, 1.807) is 22.8 Å². The summed E-state index contributed by atoms with van der Waals surface area (Å²) in [6.45, 7) is 3.85. The van der Waals surface area contributed by atoms with Crippen molar-refractivity contribution in [2.75, 3.05) is 7.11 Å². The predicted octanol–water partition coefficient (Wildman–Crippen LogP) is 3.68. The van der Waals surface area contributed by atoms with Gasteiger partial charge in [-0.1, -0.05) is 37.3 Å². The van der Waals surface area contributed by atoms with Gasteiger partial charge in [0.2, 0.25) is 11.1 Å². The fourth-order valence-corrected chi connectivity index (χ4v) is 3.49. The lowest BCUT2D eigenvalue weighted by molar-refractivity contribution is 0.414. The number of rotatable bonds is 4. The van der Waals surface area contributed by atoms with Gasteiger partial charge in [0.15, 0.2) is 5.39 Å². The maximum absolute atomic E-state index is 13.3. The van der Waals surface area contributed by atoms with E-state index in [1.165, 1.54) is 7.11 Å². The van der Waals surface area contributed by atoms with Crippen LogP contribution in [0.25, 0.3) is 22.1 Å². The van der Waals surface area contributed by atoms with Crippen molar-refractivity contribution in [2.45, 2.75) is 26.3 Å². The zero-order chi connectivity index (χ0) is 19.8. The molecule has 0 fully saturated rings. The lowest BCUT2D eigenvalue weighted by atomic mass is 10.1. The Morgan fingerprint density at radius 3 is 2.57 bits per heavy atom. The molecule has 0 N–H and O–H groups in total. The summed E-state index contributed by atoms with van der Waals surface area (Å²) >= 11 is 0. The lowest BCUT2D eigenvalue weighted by Crippen LogP contribution is -2.31. The van der Waals surface area contributed by atoms with Crippen LogP contribution in [0.15, 0.2) is 62.5 Å². The third-order valence-electron chi connectivity index (χ3n) is 5.01. The first-order valence-corrected chi connectivity index (χ1v) is 9.16. The first-order valence-electron chi connectivity index (χ1n) is 9.16. The van der Waals surface area contributed by atoms with Gasteiger partial charge in [0.05, 0.1) is 18.5 Å².